The number of anilines is 1. The molecule has 1 heterocycles. The summed E-state index contributed by atoms with van der Waals surface area (Å²) in [7, 11) is 1.56. The molecule has 0 saturated heterocycles. The van der Waals surface area contributed by atoms with Crippen LogP contribution >= 0.6 is 0 Å². The van der Waals surface area contributed by atoms with E-state index in [9.17, 15) is 9.59 Å². The molecule has 0 aromatic carbocycles. The maximum atomic E-state index is 11.6. The van der Waals surface area contributed by atoms with Crippen molar-refractivity contribution < 1.29 is 9.59 Å². The van der Waals surface area contributed by atoms with Gasteiger partial charge in [0.05, 0.1) is 0 Å². The molecule has 0 radical (unpaired) electrons. The SMILES string of the molecule is CNC(=O)c1cc(NCCC(=O)NC(C)(C)C)ccn1. The first-order valence-electron chi connectivity index (χ1n) is 6.55. The topological polar surface area (TPSA) is 83.1 Å². The molecule has 1 aromatic heterocycles. The number of rotatable bonds is 5. The highest BCUT2D eigenvalue weighted by Gasteiger charge is 2.13. The number of nitrogens with zero attached hydrogens (tertiary/aromatic N) is 1. The summed E-state index contributed by atoms with van der Waals surface area (Å²) in [5, 5.41) is 8.50. The Morgan fingerprint density at radius 2 is 2.00 bits per heavy atom. The first kappa shape index (κ1) is 15.9. The van der Waals surface area contributed by atoms with Crippen LogP contribution in [-0.4, -0.2) is 35.9 Å². The second-order valence-corrected chi connectivity index (χ2v) is 5.48. The molecule has 0 aliphatic carbocycles. The standard InChI is InChI=1S/C14H22N4O2/c1-14(2,3)18-12(19)6-8-16-10-5-7-17-11(9-10)13(20)15-4/h5,7,9H,6,8H2,1-4H3,(H,15,20)(H,16,17)(H,18,19). The normalized spacial score (nSPS) is 10.8. The molecule has 0 aliphatic rings. The molecule has 3 N–H and O–H groups in total. The summed E-state index contributed by atoms with van der Waals surface area (Å²) in [5.41, 5.74) is 0.888. The predicted octanol–water partition coefficient (Wildman–Crippen LogP) is 1.16. The third-order valence-corrected chi connectivity index (χ3v) is 2.42. The Morgan fingerprint density at radius 1 is 1.30 bits per heavy atom. The molecule has 1 aromatic rings. The first-order valence-corrected chi connectivity index (χ1v) is 6.55. The monoisotopic (exact) mass is 278 g/mol. The van der Waals surface area contributed by atoms with Gasteiger partial charge in [0.15, 0.2) is 0 Å². The number of aromatic nitrogens is 1. The minimum Gasteiger partial charge on any atom is -0.384 e. The van der Waals surface area contributed by atoms with E-state index in [1.165, 1.54) is 0 Å². The van der Waals surface area contributed by atoms with Gasteiger partial charge in [-0.15, -0.1) is 0 Å². The van der Waals surface area contributed by atoms with Crippen LogP contribution in [0.2, 0.25) is 0 Å². The van der Waals surface area contributed by atoms with E-state index in [0.717, 1.165) is 5.69 Å². The fourth-order valence-corrected chi connectivity index (χ4v) is 1.59. The molecule has 6 heteroatoms. The highest BCUT2D eigenvalue weighted by atomic mass is 16.2. The van der Waals surface area contributed by atoms with E-state index in [-0.39, 0.29) is 17.4 Å². The zero-order valence-corrected chi connectivity index (χ0v) is 12.4. The second-order valence-electron chi connectivity index (χ2n) is 5.48. The quantitative estimate of drug-likeness (QED) is 0.754. The number of amides is 2. The minimum atomic E-state index is -0.237. The summed E-state index contributed by atoms with van der Waals surface area (Å²) in [5.74, 6) is -0.246. The predicted molar refractivity (Wildman–Crippen MR) is 78.6 cm³/mol. The van der Waals surface area contributed by atoms with Gasteiger partial charge in [0.1, 0.15) is 5.69 Å². The van der Waals surface area contributed by atoms with Crippen molar-refractivity contribution in [3.8, 4) is 0 Å². The Labute approximate surface area is 119 Å². The van der Waals surface area contributed by atoms with Crippen molar-refractivity contribution in [3.63, 3.8) is 0 Å². The van der Waals surface area contributed by atoms with Gasteiger partial charge in [-0.2, -0.15) is 0 Å². The van der Waals surface area contributed by atoms with Gasteiger partial charge in [-0.1, -0.05) is 0 Å². The van der Waals surface area contributed by atoms with Crippen molar-refractivity contribution in [1.29, 1.82) is 0 Å². The van der Waals surface area contributed by atoms with Gasteiger partial charge < -0.3 is 16.0 Å². The molecule has 0 aliphatic heterocycles. The van der Waals surface area contributed by atoms with E-state index in [1.807, 2.05) is 20.8 Å². The molecule has 20 heavy (non-hydrogen) atoms. The zero-order valence-electron chi connectivity index (χ0n) is 12.4. The fourth-order valence-electron chi connectivity index (χ4n) is 1.59. The van der Waals surface area contributed by atoms with Crippen LogP contribution in [0.25, 0.3) is 0 Å². The van der Waals surface area contributed by atoms with Gasteiger partial charge in [-0.3, -0.25) is 14.6 Å². The highest BCUT2D eigenvalue weighted by molar-refractivity contribution is 5.92. The van der Waals surface area contributed by atoms with Crippen molar-refractivity contribution in [2.75, 3.05) is 18.9 Å². The molecule has 0 saturated carbocycles. The third kappa shape index (κ3) is 5.69. The number of pyridine rings is 1. The molecule has 6 nitrogen and oxygen atoms in total. The van der Waals surface area contributed by atoms with Crippen molar-refractivity contribution in [2.45, 2.75) is 32.7 Å². The number of hydrogen-bond acceptors (Lipinski definition) is 4. The molecule has 0 bridgehead atoms. The average Bonchev–Trinajstić information content (AvgIpc) is 2.36. The molecular formula is C14H22N4O2. The molecule has 0 spiro atoms. The number of carbonyl (C=O) groups is 2. The molecule has 1 rings (SSSR count). The lowest BCUT2D eigenvalue weighted by Gasteiger charge is -2.20. The largest absolute Gasteiger partial charge is 0.384 e. The lowest BCUT2D eigenvalue weighted by Crippen LogP contribution is -2.41. The van der Waals surface area contributed by atoms with E-state index < -0.39 is 0 Å². The number of hydrogen-bond donors (Lipinski definition) is 3. The Kier molecular flexibility index (Phi) is 5.49. The van der Waals surface area contributed by atoms with Crippen molar-refractivity contribution in [2.24, 2.45) is 0 Å². The van der Waals surface area contributed by atoms with Crippen LogP contribution in [0.1, 0.15) is 37.7 Å². The van der Waals surface area contributed by atoms with Crippen molar-refractivity contribution >= 4 is 17.5 Å². The van der Waals surface area contributed by atoms with Gasteiger partial charge in [0.25, 0.3) is 5.91 Å². The summed E-state index contributed by atoms with van der Waals surface area (Å²) in [4.78, 5) is 27.1. The Morgan fingerprint density at radius 3 is 2.60 bits per heavy atom. The fraction of sp³-hybridized carbons (Fsp3) is 0.500. The van der Waals surface area contributed by atoms with Gasteiger partial charge >= 0.3 is 0 Å². The van der Waals surface area contributed by atoms with Gasteiger partial charge in [0, 0.05) is 37.4 Å². The lowest BCUT2D eigenvalue weighted by molar-refractivity contribution is -0.122. The van der Waals surface area contributed by atoms with Gasteiger partial charge in [-0.25, -0.2) is 0 Å². The third-order valence-electron chi connectivity index (χ3n) is 2.42. The summed E-state index contributed by atoms with van der Waals surface area (Å²) in [6, 6.07) is 3.41. The van der Waals surface area contributed by atoms with Crippen LogP contribution < -0.4 is 16.0 Å². The van der Waals surface area contributed by atoms with Crippen LogP contribution in [0.15, 0.2) is 18.3 Å². The van der Waals surface area contributed by atoms with Crippen molar-refractivity contribution in [1.82, 2.24) is 15.6 Å². The smallest absolute Gasteiger partial charge is 0.269 e. The maximum Gasteiger partial charge on any atom is 0.269 e. The Hall–Kier alpha value is -2.11. The first-order chi connectivity index (χ1) is 9.31. The number of nitrogens with one attached hydrogen (secondary N) is 3. The summed E-state index contributed by atoms with van der Waals surface area (Å²) < 4.78 is 0. The molecular weight excluding hydrogens is 256 g/mol. The number of carbonyl (C=O) groups excluding carboxylic acids is 2. The van der Waals surface area contributed by atoms with E-state index in [1.54, 1.807) is 25.4 Å². The molecule has 0 atom stereocenters. The maximum absolute atomic E-state index is 11.6. The summed E-state index contributed by atoms with van der Waals surface area (Å²) in [6.45, 7) is 6.32. The minimum absolute atomic E-state index is 0.00872. The van der Waals surface area contributed by atoms with Crippen LogP contribution in [0, 0.1) is 0 Å². The van der Waals surface area contributed by atoms with E-state index >= 15 is 0 Å². The average molecular weight is 278 g/mol. The Bertz CT molecular complexity index is 480. The molecule has 110 valence electrons. The Balaban J connectivity index is 2.46. The molecule has 2 amide bonds. The van der Waals surface area contributed by atoms with E-state index in [2.05, 4.69) is 20.9 Å². The lowest BCUT2D eigenvalue weighted by atomic mass is 10.1. The molecule has 0 fully saturated rings. The van der Waals surface area contributed by atoms with Gasteiger partial charge in [0.2, 0.25) is 5.91 Å². The van der Waals surface area contributed by atoms with Crippen LogP contribution in [-0.2, 0) is 4.79 Å². The molecule has 0 unspecified atom stereocenters. The van der Waals surface area contributed by atoms with Crippen LogP contribution in [0.5, 0.6) is 0 Å². The van der Waals surface area contributed by atoms with E-state index in [0.29, 0.717) is 18.7 Å². The van der Waals surface area contributed by atoms with Crippen molar-refractivity contribution in [3.05, 3.63) is 24.0 Å². The highest BCUT2D eigenvalue weighted by Crippen LogP contribution is 2.08. The van der Waals surface area contributed by atoms with Crippen LogP contribution in [0.3, 0.4) is 0 Å². The van der Waals surface area contributed by atoms with Gasteiger partial charge in [-0.05, 0) is 32.9 Å². The summed E-state index contributed by atoms with van der Waals surface area (Å²) >= 11 is 0. The van der Waals surface area contributed by atoms with Crippen LogP contribution in [0.4, 0.5) is 5.69 Å². The zero-order chi connectivity index (χ0) is 15.2. The summed E-state index contributed by atoms with van der Waals surface area (Å²) in [6.07, 6.45) is 1.93. The van der Waals surface area contributed by atoms with E-state index in [4.69, 9.17) is 0 Å². The second kappa shape index (κ2) is 6.88.